The molecule has 4 heteroatoms. The molecule has 7 N–H and O–H groups in total. The lowest BCUT2D eigenvalue weighted by Crippen LogP contribution is -2.47. The second-order valence-electron chi connectivity index (χ2n) is 2.47. The van der Waals surface area contributed by atoms with Crippen LogP contribution in [0.1, 0.15) is 19.8 Å². The third-order valence-corrected chi connectivity index (χ3v) is 1.22. The van der Waals surface area contributed by atoms with Crippen LogP contribution in [0, 0.1) is 0 Å². The van der Waals surface area contributed by atoms with Crippen molar-refractivity contribution >= 4 is 0 Å². The second kappa shape index (κ2) is 5.61. The van der Waals surface area contributed by atoms with Crippen LogP contribution < -0.4 is 22.5 Å². The van der Waals surface area contributed by atoms with E-state index in [1.165, 1.54) is 0 Å². The quantitative estimate of drug-likeness (QED) is 0.371. The molecule has 0 aliphatic rings. The summed E-state index contributed by atoms with van der Waals surface area (Å²) in [6.07, 6.45) is 1.78. The molecule has 0 heterocycles. The SMILES string of the molecule is CCCC(N)NCC(N)N. The summed E-state index contributed by atoms with van der Waals surface area (Å²) in [5.74, 6) is 0. The zero-order chi connectivity index (χ0) is 7.98. The highest BCUT2D eigenvalue weighted by atomic mass is 15.1. The van der Waals surface area contributed by atoms with Crippen LogP contribution in [0.25, 0.3) is 0 Å². The number of nitrogens with one attached hydrogen (secondary N) is 1. The lowest BCUT2D eigenvalue weighted by atomic mass is 10.3. The van der Waals surface area contributed by atoms with Gasteiger partial charge in [0, 0.05) is 6.54 Å². The zero-order valence-corrected chi connectivity index (χ0v) is 6.51. The Morgan fingerprint density at radius 3 is 2.30 bits per heavy atom. The molecule has 0 bridgehead atoms. The van der Waals surface area contributed by atoms with Gasteiger partial charge in [0.1, 0.15) is 0 Å². The van der Waals surface area contributed by atoms with Crippen molar-refractivity contribution in [2.75, 3.05) is 6.54 Å². The molecule has 62 valence electrons. The molecular formula is C6H18N4. The maximum absolute atomic E-state index is 5.61. The molecule has 0 spiro atoms. The van der Waals surface area contributed by atoms with Crippen LogP contribution in [0.15, 0.2) is 0 Å². The lowest BCUT2D eigenvalue weighted by Gasteiger charge is -2.13. The van der Waals surface area contributed by atoms with Gasteiger partial charge < -0.3 is 17.2 Å². The molecule has 0 amide bonds. The molecule has 4 nitrogen and oxygen atoms in total. The van der Waals surface area contributed by atoms with E-state index in [2.05, 4.69) is 12.2 Å². The zero-order valence-electron chi connectivity index (χ0n) is 6.51. The molecule has 0 aromatic rings. The molecule has 0 fully saturated rings. The summed E-state index contributed by atoms with van der Waals surface area (Å²) in [7, 11) is 0. The molecule has 0 aliphatic carbocycles. The van der Waals surface area contributed by atoms with Crippen LogP contribution >= 0.6 is 0 Å². The Hall–Kier alpha value is -0.160. The summed E-state index contributed by atoms with van der Waals surface area (Å²) >= 11 is 0. The van der Waals surface area contributed by atoms with E-state index in [9.17, 15) is 0 Å². The Labute approximate surface area is 62.1 Å². The Balaban J connectivity index is 3.12. The number of rotatable bonds is 5. The van der Waals surface area contributed by atoms with E-state index in [0.29, 0.717) is 6.54 Å². The molecule has 10 heavy (non-hydrogen) atoms. The molecule has 0 aromatic heterocycles. The van der Waals surface area contributed by atoms with Crippen LogP contribution in [-0.2, 0) is 0 Å². The summed E-state index contributed by atoms with van der Waals surface area (Å²) in [5.41, 5.74) is 16.2. The predicted octanol–water partition coefficient (Wildman–Crippen LogP) is -1.10. The summed E-state index contributed by atoms with van der Waals surface area (Å²) in [4.78, 5) is 0. The molecular weight excluding hydrogens is 128 g/mol. The van der Waals surface area contributed by atoms with E-state index in [4.69, 9.17) is 17.2 Å². The molecule has 0 rings (SSSR count). The van der Waals surface area contributed by atoms with Gasteiger partial charge in [-0.05, 0) is 6.42 Å². The first-order valence-electron chi connectivity index (χ1n) is 3.67. The van der Waals surface area contributed by atoms with E-state index in [0.717, 1.165) is 12.8 Å². The van der Waals surface area contributed by atoms with Gasteiger partial charge in [-0.25, -0.2) is 0 Å². The van der Waals surface area contributed by atoms with Gasteiger partial charge in [-0.2, -0.15) is 0 Å². The molecule has 0 aliphatic heterocycles. The summed E-state index contributed by atoms with van der Waals surface area (Å²) in [5, 5.41) is 3.01. The lowest BCUT2D eigenvalue weighted by molar-refractivity contribution is 0.465. The first-order valence-corrected chi connectivity index (χ1v) is 3.67. The van der Waals surface area contributed by atoms with Crippen molar-refractivity contribution in [1.29, 1.82) is 0 Å². The van der Waals surface area contributed by atoms with Crippen molar-refractivity contribution in [3.63, 3.8) is 0 Å². The highest BCUT2D eigenvalue weighted by molar-refractivity contribution is 4.61. The predicted molar refractivity (Wildman–Crippen MR) is 43.0 cm³/mol. The number of nitrogens with two attached hydrogens (primary N) is 3. The van der Waals surface area contributed by atoms with Gasteiger partial charge in [0.2, 0.25) is 0 Å². The van der Waals surface area contributed by atoms with E-state index in [1.807, 2.05) is 0 Å². The van der Waals surface area contributed by atoms with Crippen LogP contribution in [0.4, 0.5) is 0 Å². The van der Waals surface area contributed by atoms with Gasteiger partial charge in [-0.15, -0.1) is 0 Å². The molecule has 0 saturated carbocycles. The fraction of sp³-hybridized carbons (Fsp3) is 1.00. The van der Waals surface area contributed by atoms with Gasteiger partial charge in [0.15, 0.2) is 0 Å². The Bertz CT molecular complexity index is 74.1. The van der Waals surface area contributed by atoms with E-state index < -0.39 is 0 Å². The topological polar surface area (TPSA) is 90.1 Å². The minimum atomic E-state index is -0.303. The van der Waals surface area contributed by atoms with E-state index >= 15 is 0 Å². The summed E-state index contributed by atoms with van der Waals surface area (Å²) in [6, 6.07) is 0. The highest BCUT2D eigenvalue weighted by Gasteiger charge is 1.99. The van der Waals surface area contributed by atoms with Crippen molar-refractivity contribution in [2.45, 2.75) is 32.1 Å². The molecule has 0 radical (unpaired) electrons. The first-order chi connectivity index (χ1) is 4.66. The van der Waals surface area contributed by atoms with Crippen molar-refractivity contribution in [2.24, 2.45) is 17.2 Å². The first kappa shape index (κ1) is 9.84. The second-order valence-corrected chi connectivity index (χ2v) is 2.47. The van der Waals surface area contributed by atoms with Gasteiger partial charge in [-0.1, -0.05) is 13.3 Å². The smallest absolute Gasteiger partial charge is 0.0650 e. The van der Waals surface area contributed by atoms with Gasteiger partial charge in [0.25, 0.3) is 0 Å². The summed E-state index contributed by atoms with van der Waals surface area (Å²) in [6.45, 7) is 2.67. The maximum Gasteiger partial charge on any atom is 0.0650 e. The molecule has 0 aromatic carbocycles. The Kier molecular flexibility index (Phi) is 5.52. The van der Waals surface area contributed by atoms with Crippen LogP contribution in [-0.4, -0.2) is 18.9 Å². The van der Waals surface area contributed by atoms with Crippen LogP contribution in [0.3, 0.4) is 0 Å². The Morgan fingerprint density at radius 2 is 1.90 bits per heavy atom. The van der Waals surface area contributed by atoms with Crippen LogP contribution in [0.2, 0.25) is 0 Å². The van der Waals surface area contributed by atoms with E-state index in [-0.39, 0.29) is 12.3 Å². The van der Waals surface area contributed by atoms with Crippen molar-refractivity contribution in [3.05, 3.63) is 0 Å². The van der Waals surface area contributed by atoms with Crippen LogP contribution in [0.5, 0.6) is 0 Å². The fourth-order valence-corrected chi connectivity index (χ4v) is 0.701. The van der Waals surface area contributed by atoms with E-state index in [1.54, 1.807) is 0 Å². The maximum atomic E-state index is 5.61. The molecule has 1 atom stereocenters. The average Bonchev–Trinajstić information content (AvgIpc) is 1.85. The average molecular weight is 146 g/mol. The fourth-order valence-electron chi connectivity index (χ4n) is 0.701. The monoisotopic (exact) mass is 146 g/mol. The highest BCUT2D eigenvalue weighted by Crippen LogP contribution is 1.87. The Morgan fingerprint density at radius 1 is 1.30 bits per heavy atom. The van der Waals surface area contributed by atoms with Gasteiger partial charge in [-0.3, -0.25) is 5.32 Å². The molecule has 0 saturated heterocycles. The third-order valence-electron chi connectivity index (χ3n) is 1.22. The van der Waals surface area contributed by atoms with Crippen molar-refractivity contribution < 1.29 is 0 Å². The number of hydrogen-bond donors (Lipinski definition) is 4. The summed E-state index contributed by atoms with van der Waals surface area (Å²) < 4.78 is 0. The van der Waals surface area contributed by atoms with Crippen molar-refractivity contribution in [3.8, 4) is 0 Å². The van der Waals surface area contributed by atoms with Gasteiger partial charge >= 0.3 is 0 Å². The minimum absolute atomic E-state index is 0.0413. The van der Waals surface area contributed by atoms with Crippen molar-refractivity contribution in [1.82, 2.24) is 5.32 Å². The third kappa shape index (κ3) is 5.97. The largest absolute Gasteiger partial charge is 0.316 e. The van der Waals surface area contributed by atoms with Gasteiger partial charge in [0.05, 0.1) is 12.3 Å². The standard InChI is InChI=1S/C6H18N4/c1-2-3-6(9)10-4-5(7)8/h5-6,10H,2-4,7-9H2,1H3. The number of hydrogen-bond acceptors (Lipinski definition) is 4. The minimum Gasteiger partial charge on any atom is -0.316 e. The normalized spacial score (nSPS) is 14.1. The molecule has 1 unspecified atom stereocenters.